The number of carbonyl (C=O) groups is 1. The van der Waals surface area contributed by atoms with Gasteiger partial charge >= 0.3 is 0 Å². The van der Waals surface area contributed by atoms with Gasteiger partial charge < -0.3 is 4.90 Å². The van der Waals surface area contributed by atoms with E-state index in [0.29, 0.717) is 18.2 Å². The normalized spacial score (nSPS) is 11.9. The van der Waals surface area contributed by atoms with Crippen molar-refractivity contribution in [2.45, 2.75) is 31.6 Å². The molecule has 3 aromatic rings. The third kappa shape index (κ3) is 5.90. The zero-order valence-electron chi connectivity index (χ0n) is 18.8. The van der Waals surface area contributed by atoms with Crippen LogP contribution in [0.15, 0.2) is 41.3 Å². The molecule has 6 nitrogen and oxygen atoms in total. The van der Waals surface area contributed by atoms with Gasteiger partial charge in [-0.3, -0.25) is 9.69 Å². The molecule has 0 radical (unpaired) electrons. The van der Waals surface area contributed by atoms with Crippen LogP contribution in [-0.2, 0) is 14.6 Å². The first-order chi connectivity index (χ1) is 15.1. The smallest absolute Gasteiger partial charge is 0.228 e. The number of amides is 1. The summed E-state index contributed by atoms with van der Waals surface area (Å²) in [5.74, 6) is -0.823. The summed E-state index contributed by atoms with van der Waals surface area (Å²) in [5.41, 5.74) is 3.10. The Morgan fingerprint density at radius 3 is 2.44 bits per heavy atom. The molecular weight excluding hydrogens is 449 g/mol. The van der Waals surface area contributed by atoms with Gasteiger partial charge in [-0.1, -0.05) is 17.4 Å². The van der Waals surface area contributed by atoms with Gasteiger partial charge in [0.05, 0.1) is 20.9 Å². The van der Waals surface area contributed by atoms with Crippen molar-refractivity contribution in [1.29, 1.82) is 0 Å². The van der Waals surface area contributed by atoms with Gasteiger partial charge in [-0.05, 0) is 75.8 Å². The average Bonchev–Trinajstić information content (AvgIpc) is 3.12. The van der Waals surface area contributed by atoms with Crippen LogP contribution in [0.4, 0.5) is 9.52 Å². The van der Waals surface area contributed by atoms with Gasteiger partial charge in [0.25, 0.3) is 0 Å². The predicted molar refractivity (Wildman–Crippen MR) is 128 cm³/mol. The van der Waals surface area contributed by atoms with Crippen molar-refractivity contribution in [3.63, 3.8) is 0 Å². The van der Waals surface area contributed by atoms with Crippen LogP contribution in [-0.4, -0.2) is 57.1 Å². The standard InChI is InChI=1S/C23H28FN3O3S2/c1-16-14-17(2)22-20(15-16)25-23(31-22)27(12-11-26(3)4)21(28)6-5-13-32(29,30)19-9-7-18(24)8-10-19/h7-10,14-15H,5-6,11-13H2,1-4H3. The lowest BCUT2D eigenvalue weighted by Gasteiger charge is -2.22. The Morgan fingerprint density at radius 2 is 1.78 bits per heavy atom. The third-order valence-corrected chi connectivity index (χ3v) is 8.13. The van der Waals surface area contributed by atoms with Crippen molar-refractivity contribution in [2.75, 3.05) is 37.8 Å². The lowest BCUT2D eigenvalue weighted by atomic mass is 10.1. The molecule has 32 heavy (non-hydrogen) atoms. The molecular formula is C23H28FN3O3S2. The minimum Gasteiger partial charge on any atom is -0.308 e. The second kappa shape index (κ2) is 10.1. The molecule has 0 aliphatic rings. The molecule has 0 aliphatic carbocycles. The molecule has 0 N–H and O–H groups in total. The number of carbonyl (C=O) groups excluding carboxylic acids is 1. The molecule has 0 spiro atoms. The van der Waals surface area contributed by atoms with Crippen molar-refractivity contribution in [2.24, 2.45) is 0 Å². The molecule has 0 unspecified atom stereocenters. The number of nitrogens with zero attached hydrogens (tertiary/aromatic N) is 3. The van der Waals surface area contributed by atoms with Gasteiger partial charge in [-0.2, -0.15) is 0 Å². The van der Waals surface area contributed by atoms with Gasteiger partial charge in [-0.25, -0.2) is 17.8 Å². The predicted octanol–water partition coefficient (Wildman–Crippen LogP) is 4.20. The summed E-state index contributed by atoms with van der Waals surface area (Å²) < 4.78 is 39.1. The molecule has 0 aliphatic heterocycles. The molecule has 0 bridgehead atoms. The highest BCUT2D eigenvalue weighted by Crippen LogP contribution is 2.32. The molecule has 1 aromatic heterocycles. The maximum atomic E-state index is 13.1. The molecule has 172 valence electrons. The molecule has 1 heterocycles. The molecule has 0 fully saturated rings. The molecule has 0 atom stereocenters. The van der Waals surface area contributed by atoms with Crippen molar-refractivity contribution in [3.8, 4) is 0 Å². The zero-order valence-corrected chi connectivity index (χ0v) is 20.4. The summed E-state index contributed by atoms with van der Waals surface area (Å²) in [6.45, 7) is 5.17. The number of likely N-dealkylation sites (N-methyl/N-ethyl adjacent to an activating group) is 1. The second-order valence-electron chi connectivity index (χ2n) is 8.15. The van der Waals surface area contributed by atoms with Crippen LogP contribution in [0.1, 0.15) is 24.0 Å². The first-order valence-corrected chi connectivity index (χ1v) is 12.8. The van der Waals surface area contributed by atoms with E-state index in [1.54, 1.807) is 4.90 Å². The SMILES string of the molecule is Cc1cc(C)c2sc(N(CCN(C)C)C(=O)CCCS(=O)(=O)c3ccc(F)cc3)nc2c1. The summed E-state index contributed by atoms with van der Waals surface area (Å²) in [4.78, 5) is 21.5. The zero-order chi connectivity index (χ0) is 23.5. The van der Waals surface area contributed by atoms with Crippen molar-refractivity contribution >= 4 is 42.4 Å². The highest BCUT2D eigenvalue weighted by atomic mass is 32.2. The average molecular weight is 478 g/mol. The van der Waals surface area contributed by atoms with E-state index in [1.807, 2.05) is 38.9 Å². The van der Waals surface area contributed by atoms with Gasteiger partial charge in [0.1, 0.15) is 5.82 Å². The van der Waals surface area contributed by atoms with Crippen LogP contribution in [0.25, 0.3) is 10.2 Å². The number of fused-ring (bicyclic) bond motifs is 1. The second-order valence-corrected chi connectivity index (χ2v) is 11.2. The van der Waals surface area contributed by atoms with Gasteiger partial charge in [-0.15, -0.1) is 0 Å². The van der Waals surface area contributed by atoms with Gasteiger partial charge in [0.15, 0.2) is 15.0 Å². The number of hydrogen-bond donors (Lipinski definition) is 0. The van der Waals surface area contributed by atoms with Crippen molar-refractivity contribution in [1.82, 2.24) is 9.88 Å². The van der Waals surface area contributed by atoms with Crippen LogP contribution in [0.3, 0.4) is 0 Å². The number of aryl methyl sites for hydroxylation is 2. The van der Waals surface area contributed by atoms with Crippen LogP contribution < -0.4 is 4.90 Å². The van der Waals surface area contributed by atoms with Crippen LogP contribution in [0.5, 0.6) is 0 Å². The fraction of sp³-hybridized carbons (Fsp3) is 0.391. The van der Waals surface area contributed by atoms with E-state index in [1.165, 1.54) is 23.5 Å². The fourth-order valence-corrected chi connectivity index (χ4v) is 5.79. The summed E-state index contributed by atoms with van der Waals surface area (Å²) in [6, 6.07) is 8.85. The molecule has 0 saturated carbocycles. The largest absolute Gasteiger partial charge is 0.308 e. The van der Waals surface area contributed by atoms with Gasteiger partial charge in [0.2, 0.25) is 5.91 Å². The summed E-state index contributed by atoms with van der Waals surface area (Å²) in [6.07, 6.45) is 0.266. The lowest BCUT2D eigenvalue weighted by Crippen LogP contribution is -2.36. The minimum atomic E-state index is -3.58. The Hall–Kier alpha value is -2.36. The van der Waals surface area contributed by atoms with Crippen molar-refractivity contribution in [3.05, 3.63) is 53.3 Å². The van der Waals surface area contributed by atoms with E-state index in [2.05, 4.69) is 6.07 Å². The van der Waals surface area contributed by atoms with Crippen LogP contribution in [0.2, 0.25) is 0 Å². The summed E-state index contributed by atoms with van der Waals surface area (Å²) >= 11 is 1.48. The number of anilines is 1. The Kier molecular flexibility index (Phi) is 7.63. The Labute approximate surface area is 192 Å². The Balaban J connectivity index is 1.75. The molecule has 2 aromatic carbocycles. The van der Waals surface area contributed by atoms with Crippen LogP contribution >= 0.6 is 11.3 Å². The number of rotatable bonds is 9. The van der Waals surface area contributed by atoms with Crippen LogP contribution in [0, 0.1) is 19.7 Å². The van der Waals surface area contributed by atoms with E-state index in [9.17, 15) is 17.6 Å². The number of benzene rings is 2. The molecule has 1 amide bonds. The Morgan fingerprint density at radius 1 is 1.09 bits per heavy atom. The molecule has 3 rings (SSSR count). The van der Waals surface area contributed by atoms with E-state index >= 15 is 0 Å². The minimum absolute atomic E-state index is 0.0628. The first kappa shape index (κ1) is 24.3. The topological polar surface area (TPSA) is 70.6 Å². The maximum Gasteiger partial charge on any atom is 0.228 e. The fourth-order valence-electron chi connectivity index (χ4n) is 3.42. The third-order valence-electron chi connectivity index (χ3n) is 5.09. The molecule has 9 heteroatoms. The highest BCUT2D eigenvalue weighted by molar-refractivity contribution is 7.91. The van der Waals surface area contributed by atoms with E-state index in [4.69, 9.17) is 4.98 Å². The number of sulfone groups is 1. The van der Waals surface area contributed by atoms with Crippen molar-refractivity contribution < 1.29 is 17.6 Å². The van der Waals surface area contributed by atoms with Gasteiger partial charge in [0, 0.05) is 19.5 Å². The number of hydrogen-bond acceptors (Lipinski definition) is 6. The number of halogens is 1. The number of thiazole rings is 1. The molecule has 0 saturated heterocycles. The Bertz CT molecular complexity index is 1210. The summed E-state index contributed by atoms with van der Waals surface area (Å²) in [7, 11) is 0.290. The highest BCUT2D eigenvalue weighted by Gasteiger charge is 2.22. The monoisotopic (exact) mass is 477 g/mol. The van der Waals surface area contributed by atoms with E-state index in [0.717, 1.165) is 33.5 Å². The number of aromatic nitrogens is 1. The van der Waals surface area contributed by atoms with E-state index in [-0.39, 0.29) is 29.4 Å². The summed E-state index contributed by atoms with van der Waals surface area (Å²) in [5, 5.41) is 0.627. The lowest BCUT2D eigenvalue weighted by molar-refractivity contribution is -0.118. The van der Waals surface area contributed by atoms with E-state index < -0.39 is 15.7 Å². The first-order valence-electron chi connectivity index (χ1n) is 10.4. The quantitative estimate of drug-likeness (QED) is 0.432. The maximum absolute atomic E-state index is 13.1.